The number of carboxylic acids is 1. The Balaban J connectivity index is 3.19. The van der Waals surface area contributed by atoms with Crippen LogP contribution in [-0.4, -0.2) is 37.0 Å². The van der Waals surface area contributed by atoms with E-state index in [1.807, 2.05) is 0 Å². The van der Waals surface area contributed by atoms with Crippen molar-refractivity contribution in [3.8, 4) is 0 Å². The number of unbranched alkanes of at least 4 members (excludes halogenated alkanes) is 1. The molecule has 0 spiro atoms. The van der Waals surface area contributed by atoms with Crippen molar-refractivity contribution in [3.63, 3.8) is 0 Å². The second kappa shape index (κ2) is 6.56. The Morgan fingerprint density at radius 2 is 1.79 bits per heavy atom. The van der Waals surface area contributed by atoms with Gasteiger partial charge in [0.25, 0.3) is 0 Å². The molecule has 0 atom stereocenters. The van der Waals surface area contributed by atoms with Crippen molar-refractivity contribution in [2.75, 3.05) is 12.4 Å². The zero-order valence-corrected chi connectivity index (χ0v) is 12.1. The molecule has 1 rings (SSSR count). The molecule has 0 aromatic heterocycles. The zero-order valence-electron chi connectivity index (χ0n) is 9.77. The monoisotopic (exact) mass is 326 g/mol. The van der Waals surface area contributed by atoms with Gasteiger partial charge in [-0.1, -0.05) is 23.2 Å². The Bertz CT molecular complexity index is 583. The van der Waals surface area contributed by atoms with E-state index in [1.54, 1.807) is 0 Å². The van der Waals surface area contributed by atoms with E-state index >= 15 is 0 Å². The van der Waals surface area contributed by atoms with Crippen LogP contribution in [0.3, 0.4) is 0 Å². The van der Waals surface area contributed by atoms with E-state index in [9.17, 15) is 13.2 Å². The molecular formula is C11H12Cl2O5S. The lowest BCUT2D eigenvalue weighted by molar-refractivity contribution is 0.0697. The molecule has 0 bridgehead atoms. The molecule has 5 nitrogen and oxygen atoms in total. The molecule has 1 aromatic rings. The first-order valence-corrected chi connectivity index (χ1v) is 7.76. The molecule has 0 aliphatic rings. The smallest absolute Gasteiger partial charge is 0.337 e. The van der Waals surface area contributed by atoms with E-state index in [0.29, 0.717) is 6.42 Å². The summed E-state index contributed by atoms with van der Waals surface area (Å²) >= 11 is 11.5. The van der Waals surface area contributed by atoms with E-state index in [4.69, 9.17) is 33.4 Å². The molecule has 0 radical (unpaired) electrons. The van der Waals surface area contributed by atoms with Gasteiger partial charge in [0.1, 0.15) is 0 Å². The first-order valence-electron chi connectivity index (χ1n) is 5.35. The largest absolute Gasteiger partial charge is 0.478 e. The molecule has 19 heavy (non-hydrogen) atoms. The van der Waals surface area contributed by atoms with Gasteiger partial charge in [0.15, 0.2) is 9.84 Å². The number of hydrogen-bond acceptors (Lipinski definition) is 4. The number of benzene rings is 1. The van der Waals surface area contributed by atoms with Crippen LogP contribution in [0.15, 0.2) is 17.0 Å². The summed E-state index contributed by atoms with van der Waals surface area (Å²) in [5.74, 6) is -1.54. The van der Waals surface area contributed by atoms with E-state index < -0.39 is 15.8 Å². The van der Waals surface area contributed by atoms with Gasteiger partial charge in [-0.3, -0.25) is 0 Å². The molecule has 0 aliphatic heterocycles. The fourth-order valence-corrected chi connectivity index (χ4v) is 3.72. The number of hydrogen-bond donors (Lipinski definition) is 2. The van der Waals surface area contributed by atoms with Gasteiger partial charge in [-0.25, -0.2) is 13.2 Å². The summed E-state index contributed by atoms with van der Waals surface area (Å²) in [4.78, 5) is 10.7. The second-order valence-corrected chi connectivity index (χ2v) is 6.71. The third-order valence-corrected chi connectivity index (χ3v) is 4.98. The molecule has 0 heterocycles. The number of sulfone groups is 1. The molecule has 0 unspecified atom stereocenters. The van der Waals surface area contributed by atoms with Crippen LogP contribution in [0.4, 0.5) is 0 Å². The lowest BCUT2D eigenvalue weighted by Gasteiger charge is -2.08. The van der Waals surface area contributed by atoms with Crippen LogP contribution in [0.1, 0.15) is 23.2 Å². The predicted molar refractivity (Wildman–Crippen MR) is 71.8 cm³/mol. The van der Waals surface area contributed by atoms with Gasteiger partial charge in [-0.05, 0) is 25.0 Å². The summed E-state index contributed by atoms with van der Waals surface area (Å²) in [6.45, 7) is -0.107. The molecule has 0 saturated carbocycles. The van der Waals surface area contributed by atoms with Crippen molar-refractivity contribution in [1.82, 2.24) is 0 Å². The standard InChI is InChI=1S/C11H12Cl2O5S/c12-8-6-9(13)10(5-7(8)11(15)16)19(17,18)4-2-1-3-14/h5-6,14H,1-4H2,(H,15,16). The molecule has 106 valence electrons. The Labute approximate surface area is 120 Å². The van der Waals surface area contributed by atoms with Crippen molar-refractivity contribution in [2.24, 2.45) is 0 Å². The SMILES string of the molecule is O=C(O)c1cc(S(=O)(=O)CCCCO)c(Cl)cc1Cl. The number of carboxylic acid groups (broad SMARTS) is 1. The summed E-state index contributed by atoms with van der Waals surface area (Å²) in [6, 6.07) is 2.06. The minimum atomic E-state index is -3.70. The first-order chi connectivity index (χ1) is 8.79. The van der Waals surface area contributed by atoms with Gasteiger partial charge in [0, 0.05) is 6.61 Å². The summed E-state index contributed by atoms with van der Waals surface area (Å²) in [6.07, 6.45) is 0.608. The average Bonchev–Trinajstić information content (AvgIpc) is 2.28. The molecule has 2 N–H and O–H groups in total. The maximum atomic E-state index is 12.0. The Kier molecular flexibility index (Phi) is 5.61. The fraction of sp³-hybridized carbons (Fsp3) is 0.364. The highest BCUT2D eigenvalue weighted by molar-refractivity contribution is 7.91. The van der Waals surface area contributed by atoms with Gasteiger partial charge in [0.2, 0.25) is 0 Å². The van der Waals surface area contributed by atoms with Crippen molar-refractivity contribution in [1.29, 1.82) is 0 Å². The molecule has 8 heteroatoms. The molecular weight excluding hydrogens is 315 g/mol. The fourth-order valence-electron chi connectivity index (χ4n) is 1.45. The Morgan fingerprint density at radius 3 is 2.32 bits per heavy atom. The maximum absolute atomic E-state index is 12.0. The van der Waals surface area contributed by atoms with Crippen LogP contribution in [0.2, 0.25) is 10.0 Å². The van der Waals surface area contributed by atoms with Crippen molar-refractivity contribution in [2.45, 2.75) is 17.7 Å². The number of aliphatic hydroxyl groups is 1. The average molecular weight is 327 g/mol. The summed E-state index contributed by atoms with van der Waals surface area (Å²) in [5, 5.41) is 17.3. The number of aromatic carboxylic acids is 1. The minimum Gasteiger partial charge on any atom is -0.478 e. The number of halogens is 2. The number of rotatable bonds is 6. The predicted octanol–water partition coefficient (Wildman–Crippen LogP) is 2.24. The lowest BCUT2D eigenvalue weighted by atomic mass is 10.2. The van der Waals surface area contributed by atoms with E-state index in [2.05, 4.69) is 0 Å². The lowest BCUT2D eigenvalue weighted by Crippen LogP contribution is -2.10. The van der Waals surface area contributed by atoms with Crippen molar-refractivity contribution in [3.05, 3.63) is 27.7 Å². The molecule has 1 aromatic carbocycles. The topological polar surface area (TPSA) is 91.7 Å². The third-order valence-electron chi connectivity index (χ3n) is 2.41. The highest BCUT2D eigenvalue weighted by Gasteiger charge is 2.22. The minimum absolute atomic E-state index is 0.107. The van der Waals surface area contributed by atoms with Gasteiger partial charge >= 0.3 is 5.97 Å². The highest BCUT2D eigenvalue weighted by Crippen LogP contribution is 2.29. The van der Waals surface area contributed by atoms with Crippen LogP contribution < -0.4 is 0 Å². The van der Waals surface area contributed by atoms with Gasteiger partial charge in [-0.2, -0.15) is 0 Å². The van der Waals surface area contributed by atoms with Crippen LogP contribution in [0, 0.1) is 0 Å². The molecule has 0 fully saturated rings. The van der Waals surface area contributed by atoms with E-state index in [0.717, 1.165) is 12.1 Å². The van der Waals surface area contributed by atoms with Gasteiger partial charge < -0.3 is 10.2 Å². The summed E-state index contributed by atoms with van der Waals surface area (Å²) in [5.41, 5.74) is -0.313. The van der Waals surface area contributed by atoms with Crippen molar-refractivity contribution >= 4 is 39.0 Å². The summed E-state index contributed by atoms with van der Waals surface area (Å²) < 4.78 is 24.0. The van der Waals surface area contributed by atoms with Gasteiger partial charge in [-0.15, -0.1) is 0 Å². The molecule has 0 aliphatic carbocycles. The summed E-state index contributed by atoms with van der Waals surface area (Å²) in [7, 11) is -3.70. The zero-order chi connectivity index (χ0) is 14.6. The van der Waals surface area contributed by atoms with Crippen LogP contribution in [-0.2, 0) is 9.84 Å². The number of aliphatic hydroxyl groups excluding tert-OH is 1. The van der Waals surface area contributed by atoms with Crippen LogP contribution in [0.25, 0.3) is 0 Å². The highest BCUT2D eigenvalue weighted by atomic mass is 35.5. The van der Waals surface area contributed by atoms with E-state index in [1.165, 1.54) is 0 Å². The molecule has 0 saturated heterocycles. The van der Waals surface area contributed by atoms with Crippen LogP contribution in [0.5, 0.6) is 0 Å². The van der Waals surface area contributed by atoms with E-state index in [-0.39, 0.29) is 39.3 Å². The van der Waals surface area contributed by atoms with Crippen LogP contribution >= 0.6 is 23.2 Å². The third kappa shape index (κ3) is 4.07. The molecule has 0 amide bonds. The first kappa shape index (κ1) is 16.2. The number of carbonyl (C=O) groups is 1. The maximum Gasteiger partial charge on any atom is 0.337 e. The quantitative estimate of drug-likeness (QED) is 0.782. The normalized spacial score (nSPS) is 11.5. The van der Waals surface area contributed by atoms with Crippen molar-refractivity contribution < 1.29 is 23.4 Å². The Morgan fingerprint density at radius 1 is 1.16 bits per heavy atom. The van der Waals surface area contributed by atoms with Gasteiger partial charge in [0.05, 0.1) is 26.3 Å². The Hall–Kier alpha value is -0.820. The second-order valence-electron chi connectivity index (χ2n) is 3.82.